The van der Waals surface area contributed by atoms with Gasteiger partial charge in [-0.3, -0.25) is 0 Å². The standard InChI is InChI=1S/C26H53ClNO/c1-5-7-8-9-10-11-12-13-14-15-16-17-18-19-20-21-23-28(4,22-6-2)26(27)24-25(3)29/h6,25-26,29H,2,5,7-24H2,1,3-4H3/q+1. The van der Waals surface area contributed by atoms with Crippen molar-refractivity contribution in [3.8, 4) is 0 Å². The Kier molecular flexibility index (Phi) is 19.9. The summed E-state index contributed by atoms with van der Waals surface area (Å²) < 4.78 is 0.786. The van der Waals surface area contributed by atoms with E-state index in [-0.39, 0.29) is 11.6 Å². The van der Waals surface area contributed by atoms with E-state index in [0.717, 1.165) is 17.6 Å². The highest BCUT2D eigenvalue weighted by atomic mass is 35.5. The Labute approximate surface area is 188 Å². The lowest BCUT2D eigenvalue weighted by Crippen LogP contribution is -2.51. The Morgan fingerprint density at radius 2 is 1.17 bits per heavy atom. The second kappa shape index (κ2) is 19.9. The predicted molar refractivity (Wildman–Crippen MR) is 132 cm³/mol. The van der Waals surface area contributed by atoms with Crippen LogP contribution in [0.5, 0.6) is 0 Å². The number of rotatable bonds is 22. The van der Waals surface area contributed by atoms with Crippen molar-refractivity contribution >= 4 is 11.6 Å². The van der Waals surface area contributed by atoms with Gasteiger partial charge in [0, 0.05) is 6.42 Å². The van der Waals surface area contributed by atoms with Gasteiger partial charge in [0.05, 0.1) is 26.2 Å². The van der Waals surface area contributed by atoms with E-state index >= 15 is 0 Å². The van der Waals surface area contributed by atoms with E-state index in [1.807, 2.05) is 13.0 Å². The predicted octanol–water partition coefficient (Wildman–Crippen LogP) is 8.22. The minimum absolute atomic E-state index is 0.0376. The monoisotopic (exact) mass is 430 g/mol. The average molecular weight is 431 g/mol. The maximum absolute atomic E-state index is 9.65. The molecule has 0 bridgehead atoms. The number of alkyl halides is 1. The fourth-order valence-corrected chi connectivity index (χ4v) is 4.63. The summed E-state index contributed by atoms with van der Waals surface area (Å²) in [5.41, 5.74) is -0.0376. The van der Waals surface area contributed by atoms with Crippen LogP contribution in [0.25, 0.3) is 0 Å². The summed E-state index contributed by atoms with van der Waals surface area (Å²) in [6.07, 6.45) is 24.6. The molecule has 174 valence electrons. The molecule has 0 aromatic carbocycles. The fraction of sp³-hybridized carbons (Fsp3) is 0.923. The van der Waals surface area contributed by atoms with Gasteiger partial charge in [-0.25, -0.2) is 0 Å². The molecule has 3 heteroatoms. The second-order valence-corrected chi connectivity index (χ2v) is 10.0. The number of quaternary nitrogens is 1. The molecule has 0 saturated heterocycles. The number of halogens is 1. The van der Waals surface area contributed by atoms with Crippen molar-refractivity contribution in [1.29, 1.82) is 0 Å². The Bertz CT molecular complexity index is 361. The van der Waals surface area contributed by atoms with Crippen LogP contribution in [0.2, 0.25) is 0 Å². The van der Waals surface area contributed by atoms with Crippen LogP contribution in [-0.2, 0) is 0 Å². The fourth-order valence-electron chi connectivity index (χ4n) is 4.20. The van der Waals surface area contributed by atoms with Gasteiger partial charge < -0.3 is 9.59 Å². The molecule has 0 spiro atoms. The Morgan fingerprint density at radius 1 is 0.793 bits per heavy atom. The van der Waals surface area contributed by atoms with Crippen LogP contribution in [0, 0.1) is 0 Å². The van der Waals surface area contributed by atoms with Crippen LogP contribution in [0.3, 0.4) is 0 Å². The molecule has 3 atom stereocenters. The highest BCUT2D eigenvalue weighted by Crippen LogP contribution is 2.22. The van der Waals surface area contributed by atoms with Crippen LogP contribution in [0.4, 0.5) is 0 Å². The quantitative estimate of drug-likeness (QED) is 0.0602. The number of nitrogens with zero attached hydrogens (tertiary/aromatic N) is 1. The molecule has 29 heavy (non-hydrogen) atoms. The van der Waals surface area contributed by atoms with Crippen LogP contribution >= 0.6 is 11.6 Å². The van der Waals surface area contributed by atoms with Crippen LogP contribution < -0.4 is 0 Å². The Hall–Kier alpha value is -0.0500. The first-order valence-corrected chi connectivity index (χ1v) is 13.2. The van der Waals surface area contributed by atoms with Crippen LogP contribution in [0.15, 0.2) is 12.7 Å². The molecule has 0 radical (unpaired) electrons. The number of aliphatic hydroxyl groups is 1. The SMILES string of the molecule is C=CC[N+](C)(CCCCCCCCCCCCCCCCCC)C(Cl)CC(C)O. The smallest absolute Gasteiger partial charge is 0.167 e. The zero-order valence-corrected chi connectivity index (χ0v) is 20.9. The van der Waals surface area contributed by atoms with Crippen molar-refractivity contribution in [2.24, 2.45) is 0 Å². The molecule has 0 aliphatic heterocycles. The third-order valence-corrected chi connectivity index (χ3v) is 6.93. The van der Waals surface area contributed by atoms with E-state index in [0.29, 0.717) is 6.42 Å². The van der Waals surface area contributed by atoms with Crippen molar-refractivity contribution in [2.45, 2.75) is 135 Å². The molecular formula is C26H53ClNO+. The topological polar surface area (TPSA) is 20.2 Å². The van der Waals surface area contributed by atoms with E-state index in [1.165, 1.54) is 103 Å². The maximum atomic E-state index is 9.65. The zero-order chi connectivity index (χ0) is 21.8. The first-order chi connectivity index (χ1) is 14.0. The van der Waals surface area contributed by atoms with Gasteiger partial charge in [0.2, 0.25) is 0 Å². The van der Waals surface area contributed by atoms with Crippen molar-refractivity contribution in [3.63, 3.8) is 0 Å². The minimum atomic E-state index is -0.342. The van der Waals surface area contributed by atoms with Crippen molar-refractivity contribution < 1.29 is 9.59 Å². The van der Waals surface area contributed by atoms with Gasteiger partial charge in [-0.2, -0.15) is 0 Å². The summed E-state index contributed by atoms with van der Waals surface area (Å²) >= 11 is 6.60. The van der Waals surface area contributed by atoms with Gasteiger partial charge in [-0.1, -0.05) is 115 Å². The summed E-state index contributed by atoms with van der Waals surface area (Å²) in [4.78, 5) is 0. The van der Waals surface area contributed by atoms with Gasteiger partial charge >= 0.3 is 0 Å². The molecule has 1 N–H and O–H groups in total. The number of unbranched alkanes of at least 4 members (excludes halogenated alkanes) is 15. The number of hydrogen-bond acceptors (Lipinski definition) is 1. The lowest BCUT2D eigenvalue weighted by atomic mass is 10.0. The molecule has 0 fully saturated rings. The molecule has 0 aromatic heterocycles. The highest BCUT2D eigenvalue weighted by Gasteiger charge is 2.30. The first-order valence-electron chi connectivity index (χ1n) is 12.7. The highest BCUT2D eigenvalue weighted by molar-refractivity contribution is 6.19. The van der Waals surface area contributed by atoms with Gasteiger partial charge in [-0.15, -0.1) is 0 Å². The number of likely N-dealkylation sites (N-methyl/N-ethyl adjacent to an activating group) is 1. The van der Waals surface area contributed by atoms with Gasteiger partial charge in [0.25, 0.3) is 0 Å². The third kappa shape index (κ3) is 17.3. The summed E-state index contributed by atoms with van der Waals surface area (Å²) in [7, 11) is 2.20. The van der Waals surface area contributed by atoms with Crippen molar-refractivity contribution in [3.05, 3.63) is 12.7 Å². The normalized spacial score (nSPS) is 15.8. The van der Waals surface area contributed by atoms with Gasteiger partial charge in [-0.05, 0) is 25.8 Å². The summed E-state index contributed by atoms with van der Waals surface area (Å²) in [6, 6.07) is 0. The summed E-state index contributed by atoms with van der Waals surface area (Å²) in [6.45, 7) is 9.95. The average Bonchev–Trinajstić information content (AvgIpc) is 2.67. The third-order valence-electron chi connectivity index (χ3n) is 6.28. The first kappa shape index (κ1) is 28.9. The Balaban J connectivity index is 3.54. The molecule has 0 aromatic rings. The molecule has 0 aliphatic rings. The second-order valence-electron chi connectivity index (χ2n) is 9.50. The van der Waals surface area contributed by atoms with Gasteiger partial charge in [0.1, 0.15) is 0 Å². The maximum Gasteiger partial charge on any atom is 0.167 e. The van der Waals surface area contributed by atoms with E-state index in [1.54, 1.807) is 0 Å². The van der Waals surface area contributed by atoms with E-state index in [2.05, 4.69) is 20.6 Å². The Morgan fingerprint density at radius 3 is 1.52 bits per heavy atom. The van der Waals surface area contributed by atoms with Crippen molar-refractivity contribution in [2.75, 3.05) is 20.1 Å². The number of hydrogen-bond donors (Lipinski definition) is 1. The molecule has 0 heterocycles. The lowest BCUT2D eigenvalue weighted by Gasteiger charge is -2.38. The van der Waals surface area contributed by atoms with E-state index in [4.69, 9.17) is 11.6 Å². The molecule has 0 amide bonds. The van der Waals surface area contributed by atoms with Gasteiger partial charge in [0.15, 0.2) is 5.50 Å². The number of aliphatic hydroxyl groups excluding tert-OH is 1. The molecule has 0 saturated carbocycles. The molecule has 2 nitrogen and oxygen atoms in total. The van der Waals surface area contributed by atoms with Crippen LogP contribution in [-0.4, -0.2) is 41.3 Å². The van der Waals surface area contributed by atoms with E-state index in [9.17, 15) is 5.11 Å². The molecular weight excluding hydrogens is 378 g/mol. The minimum Gasteiger partial charge on any atom is -0.393 e. The lowest BCUT2D eigenvalue weighted by molar-refractivity contribution is -0.916. The van der Waals surface area contributed by atoms with Crippen molar-refractivity contribution in [1.82, 2.24) is 0 Å². The van der Waals surface area contributed by atoms with E-state index < -0.39 is 0 Å². The zero-order valence-electron chi connectivity index (χ0n) is 20.1. The molecule has 0 aliphatic carbocycles. The summed E-state index contributed by atoms with van der Waals surface area (Å²) in [5, 5.41) is 9.65. The molecule has 3 unspecified atom stereocenters. The van der Waals surface area contributed by atoms with Crippen LogP contribution in [0.1, 0.15) is 123 Å². The largest absolute Gasteiger partial charge is 0.393 e. The summed E-state index contributed by atoms with van der Waals surface area (Å²) in [5.74, 6) is 0. The molecule has 0 rings (SSSR count).